The first-order valence-electron chi connectivity index (χ1n) is 25.1. The Balaban J connectivity index is 0.965. The highest BCUT2D eigenvalue weighted by Gasteiger charge is 2.34. The number of anilines is 2. The number of allylic oxidation sites excluding steroid dienone is 5. The van der Waals surface area contributed by atoms with Gasteiger partial charge in [0.15, 0.2) is 0 Å². The fourth-order valence-electron chi connectivity index (χ4n) is 10.4. The van der Waals surface area contributed by atoms with Gasteiger partial charge in [0.1, 0.15) is 0 Å². The van der Waals surface area contributed by atoms with Gasteiger partial charge >= 0.3 is 0 Å². The summed E-state index contributed by atoms with van der Waals surface area (Å²) in [6, 6.07) is 36.4. The molecule has 3 unspecified atom stereocenters. The molecule has 0 radical (unpaired) electrons. The van der Waals surface area contributed by atoms with Crippen molar-refractivity contribution in [1.82, 2.24) is 0 Å². The molecule has 0 amide bonds. The van der Waals surface area contributed by atoms with Crippen molar-refractivity contribution in [3.63, 3.8) is 0 Å². The zero-order valence-corrected chi connectivity index (χ0v) is 39.8. The second-order valence-corrected chi connectivity index (χ2v) is 21.0. The smallest absolute Gasteiger partial charge is 0.0804 e. The monoisotopic (exact) mass is 863 g/mol. The van der Waals surface area contributed by atoms with Crippen LogP contribution in [0.25, 0.3) is 22.3 Å². The van der Waals surface area contributed by atoms with Gasteiger partial charge in [-0.25, -0.2) is 0 Å². The van der Waals surface area contributed by atoms with Crippen LogP contribution in [-0.4, -0.2) is 18.5 Å². The maximum Gasteiger partial charge on any atom is 0.0804 e. The summed E-state index contributed by atoms with van der Waals surface area (Å²) >= 11 is 4.15. The van der Waals surface area contributed by atoms with Gasteiger partial charge in [0.05, 0.1) is 21.8 Å². The van der Waals surface area contributed by atoms with E-state index in [1.54, 1.807) is 5.57 Å². The number of fused-ring (bicyclic) bond motifs is 3. The van der Waals surface area contributed by atoms with Gasteiger partial charge in [-0.15, -0.1) is 0 Å². The van der Waals surface area contributed by atoms with E-state index in [0.717, 1.165) is 12.5 Å². The summed E-state index contributed by atoms with van der Waals surface area (Å²) in [6.07, 6.45) is 36.1. The summed E-state index contributed by atoms with van der Waals surface area (Å²) in [5.74, 6) is 1.35. The van der Waals surface area contributed by atoms with Crippen molar-refractivity contribution in [2.75, 3.05) is 22.9 Å². The number of benzene rings is 4. The van der Waals surface area contributed by atoms with Crippen LogP contribution < -0.4 is 9.80 Å². The normalized spacial score (nSPS) is 20.0. The zero-order valence-electron chi connectivity index (χ0n) is 38.2. The molecule has 2 aliphatic carbocycles. The Labute approximate surface area is 385 Å². The molecular formula is C58H74N2S2. The number of hydrogen-bond donors (Lipinski definition) is 0. The van der Waals surface area contributed by atoms with E-state index in [-0.39, 0.29) is 0 Å². The van der Waals surface area contributed by atoms with Crippen LogP contribution in [-0.2, 0) is 0 Å². The van der Waals surface area contributed by atoms with Crippen LogP contribution in [0.15, 0.2) is 141 Å². The average Bonchev–Trinajstić information content (AvgIpc) is 3.83. The fourth-order valence-corrected chi connectivity index (χ4v) is 13.1. The van der Waals surface area contributed by atoms with Crippen molar-refractivity contribution in [1.29, 1.82) is 0 Å². The molecule has 328 valence electrons. The predicted molar refractivity (Wildman–Crippen MR) is 273 cm³/mol. The molecule has 0 spiro atoms. The van der Waals surface area contributed by atoms with E-state index < -0.39 is 0 Å². The fraction of sp³-hybridized carbons (Fsp3) is 0.483. The summed E-state index contributed by atoms with van der Waals surface area (Å²) in [7, 11) is 0. The largest absolute Gasteiger partial charge is 0.358 e. The van der Waals surface area contributed by atoms with Crippen molar-refractivity contribution >= 4 is 34.9 Å². The first kappa shape index (κ1) is 45.0. The summed E-state index contributed by atoms with van der Waals surface area (Å²) in [4.78, 5) is 8.36. The maximum absolute atomic E-state index is 2.81. The van der Waals surface area contributed by atoms with Crippen molar-refractivity contribution in [2.45, 2.75) is 164 Å². The molecule has 0 aromatic heterocycles. The summed E-state index contributed by atoms with van der Waals surface area (Å²) < 4.78 is 0. The van der Waals surface area contributed by atoms with Gasteiger partial charge in [-0.1, -0.05) is 212 Å². The third-order valence-electron chi connectivity index (χ3n) is 14.0. The van der Waals surface area contributed by atoms with Gasteiger partial charge in [0, 0.05) is 22.9 Å². The van der Waals surface area contributed by atoms with Crippen LogP contribution in [0.3, 0.4) is 0 Å². The highest BCUT2D eigenvalue weighted by molar-refractivity contribution is 8.03. The number of nitrogens with zero attached hydrogens (tertiary/aromatic N) is 2. The Hall–Kier alpha value is -3.60. The second-order valence-electron chi connectivity index (χ2n) is 18.7. The molecule has 0 saturated carbocycles. The molecule has 0 N–H and O–H groups in total. The highest BCUT2D eigenvalue weighted by atomic mass is 32.2. The van der Waals surface area contributed by atoms with Crippen molar-refractivity contribution in [2.24, 2.45) is 11.8 Å². The van der Waals surface area contributed by atoms with Crippen LogP contribution >= 0.6 is 23.5 Å². The van der Waals surface area contributed by atoms with Gasteiger partial charge in [0.25, 0.3) is 0 Å². The lowest BCUT2D eigenvalue weighted by molar-refractivity contribution is 0.397. The Morgan fingerprint density at radius 1 is 0.565 bits per heavy atom. The maximum atomic E-state index is 2.81. The van der Waals surface area contributed by atoms with Crippen LogP contribution in [0.2, 0.25) is 0 Å². The molecule has 4 aromatic rings. The highest BCUT2D eigenvalue weighted by Crippen LogP contribution is 2.51. The van der Waals surface area contributed by atoms with Crippen LogP contribution in [0.4, 0.5) is 11.4 Å². The van der Waals surface area contributed by atoms with Gasteiger partial charge in [-0.2, -0.15) is 0 Å². The summed E-state index contributed by atoms with van der Waals surface area (Å²) in [5, 5.41) is 1.93. The minimum atomic E-state index is 0.507. The molecule has 0 fully saturated rings. The molecule has 4 aromatic carbocycles. The molecule has 2 heterocycles. The van der Waals surface area contributed by atoms with E-state index in [9.17, 15) is 0 Å². The van der Waals surface area contributed by atoms with Gasteiger partial charge in [-0.05, 0) is 121 Å². The van der Waals surface area contributed by atoms with E-state index in [0.29, 0.717) is 11.3 Å². The van der Waals surface area contributed by atoms with Crippen LogP contribution in [0.1, 0.15) is 149 Å². The lowest BCUT2D eigenvalue weighted by Gasteiger charge is -2.34. The number of thioether (sulfide) groups is 2. The number of unbranched alkanes of at least 4 members (excludes halogenated alkanes) is 14. The molecule has 2 nitrogen and oxygen atoms in total. The first-order valence-corrected chi connectivity index (χ1v) is 26.8. The van der Waals surface area contributed by atoms with Crippen molar-refractivity contribution < 1.29 is 0 Å². The Kier molecular flexibility index (Phi) is 17.0. The second kappa shape index (κ2) is 23.4. The first-order chi connectivity index (χ1) is 30.7. The number of rotatable bonds is 23. The van der Waals surface area contributed by atoms with Gasteiger partial charge in [0.2, 0.25) is 0 Å². The minimum Gasteiger partial charge on any atom is -0.358 e. The zero-order chi connectivity index (χ0) is 42.4. The third-order valence-corrected chi connectivity index (χ3v) is 16.4. The molecule has 4 aliphatic rings. The average molecular weight is 863 g/mol. The molecule has 3 atom stereocenters. The van der Waals surface area contributed by atoms with E-state index in [1.807, 2.05) is 11.8 Å². The quantitative estimate of drug-likeness (QED) is 0.0685. The lowest BCUT2D eigenvalue weighted by atomic mass is 9.75. The SMILES string of the molecule is CCCCCCCCCCN1/C(=C/C2=CC3=CC(CC4Sc5cc(-c6ccccc6)ccc5N4CCCCCCCCCC)CCC3CC2)Sc2cc(-c3ccccc3)ccc21. The van der Waals surface area contributed by atoms with Crippen LogP contribution in [0.5, 0.6) is 0 Å². The summed E-state index contributed by atoms with van der Waals surface area (Å²) in [6.45, 7) is 6.91. The Bertz CT molecular complexity index is 2100. The minimum absolute atomic E-state index is 0.507. The van der Waals surface area contributed by atoms with Crippen LogP contribution in [0, 0.1) is 11.8 Å². The van der Waals surface area contributed by atoms with Crippen molar-refractivity contribution in [3.05, 3.63) is 131 Å². The van der Waals surface area contributed by atoms with Gasteiger partial charge in [-0.3, -0.25) is 0 Å². The molecular weight excluding hydrogens is 789 g/mol. The van der Waals surface area contributed by atoms with E-state index in [2.05, 4.69) is 151 Å². The number of hydrogen-bond acceptors (Lipinski definition) is 4. The molecule has 8 rings (SSSR count). The van der Waals surface area contributed by atoms with E-state index in [1.165, 1.54) is 195 Å². The lowest BCUT2D eigenvalue weighted by Crippen LogP contribution is -2.32. The Morgan fingerprint density at radius 2 is 1.15 bits per heavy atom. The van der Waals surface area contributed by atoms with E-state index >= 15 is 0 Å². The predicted octanol–water partition coefficient (Wildman–Crippen LogP) is 18.1. The topological polar surface area (TPSA) is 6.48 Å². The van der Waals surface area contributed by atoms with Crippen molar-refractivity contribution in [3.8, 4) is 22.3 Å². The molecule has 0 bridgehead atoms. The molecule has 2 aliphatic heterocycles. The Morgan fingerprint density at radius 3 is 1.79 bits per heavy atom. The third kappa shape index (κ3) is 11.9. The standard InChI is InChI=1S/C58H74N2S2/c1-3-5-7-9-11-13-15-23-37-59-53-35-33-50(47-25-19-17-20-26-47)43-55(53)61-57(59)41-45-29-31-49-32-30-46(40-52(49)39-45)42-58-60(38-24-16-14-12-10-8-6-4-2)54-36-34-51(44-56(54)62-58)48-27-21-18-22-28-48/h17-22,25-28,33-36,39-41,43-44,46,49,58H,3-16,23-24,29-32,37-38,42H2,1-2H3/b57-41-. The molecule has 4 heteroatoms. The van der Waals surface area contributed by atoms with Gasteiger partial charge < -0.3 is 9.80 Å². The van der Waals surface area contributed by atoms with E-state index in [4.69, 9.17) is 0 Å². The summed E-state index contributed by atoms with van der Waals surface area (Å²) in [5.41, 5.74) is 11.3. The molecule has 0 saturated heterocycles. The molecule has 62 heavy (non-hydrogen) atoms.